The Bertz CT molecular complexity index is 770. The van der Waals surface area contributed by atoms with Gasteiger partial charge in [-0.2, -0.15) is 0 Å². The molecule has 1 aromatic carbocycles. The lowest BCUT2D eigenvalue weighted by Gasteiger charge is -2.07. The minimum absolute atomic E-state index is 0.651. The fraction of sp³-hybridized carbons (Fsp3) is 0.200. The Morgan fingerprint density at radius 3 is 2.86 bits per heavy atom. The summed E-state index contributed by atoms with van der Waals surface area (Å²) in [6.07, 6.45) is 1.59. The van der Waals surface area contributed by atoms with Gasteiger partial charge >= 0.3 is 0 Å². The fourth-order valence-corrected chi connectivity index (χ4v) is 2.93. The van der Waals surface area contributed by atoms with E-state index < -0.39 is 0 Å². The van der Waals surface area contributed by atoms with Crippen LogP contribution in [0.3, 0.4) is 0 Å². The Hall–Kier alpha value is -2.21. The lowest BCUT2D eigenvalue weighted by molar-refractivity contribution is 0.981. The number of hydrogen-bond acceptors (Lipinski definition) is 6. The molecule has 5 nitrogen and oxygen atoms in total. The second kappa shape index (κ2) is 6.05. The van der Waals surface area contributed by atoms with Crippen molar-refractivity contribution >= 4 is 28.6 Å². The van der Waals surface area contributed by atoms with Gasteiger partial charge in [-0.15, -0.1) is 0 Å². The van der Waals surface area contributed by atoms with Crippen molar-refractivity contribution in [3.8, 4) is 0 Å². The minimum atomic E-state index is 0.651. The van der Waals surface area contributed by atoms with Gasteiger partial charge in [0, 0.05) is 17.6 Å². The van der Waals surface area contributed by atoms with Crippen LogP contribution in [0.15, 0.2) is 46.7 Å². The molecule has 0 saturated carbocycles. The van der Waals surface area contributed by atoms with Crippen LogP contribution in [0.1, 0.15) is 12.6 Å². The predicted octanol–water partition coefficient (Wildman–Crippen LogP) is 3.31. The smallest absolute Gasteiger partial charge is 0.223 e. The first kappa shape index (κ1) is 13.8. The van der Waals surface area contributed by atoms with Crippen LogP contribution in [-0.4, -0.2) is 26.5 Å². The number of aromatic nitrogens is 4. The quantitative estimate of drug-likeness (QED) is 0.745. The van der Waals surface area contributed by atoms with Crippen molar-refractivity contribution < 1.29 is 0 Å². The maximum absolute atomic E-state index is 4.51. The SMILES string of the molecule is CCNc1nc(C)cc(Sc2ncnc3ccccc23)n1. The monoisotopic (exact) mass is 297 g/mol. The zero-order chi connectivity index (χ0) is 14.7. The second-order valence-electron chi connectivity index (χ2n) is 4.50. The zero-order valence-corrected chi connectivity index (χ0v) is 12.7. The first-order valence-corrected chi connectivity index (χ1v) is 7.55. The first-order chi connectivity index (χ1) is 10.3. The third kappa shape index (κ3) is 3.11. The van der Waals surface area contributed by atoms with E-state index in [1.54, 1.807) is 6.33 Å². The topological polar surface area (TPSA) is 63.6 Å². The highest BCUT2D eigenvalue weighted by Crippen LogP contribution is 2.30. The van der Waals surface area contributed by atoms with Gasteiger partial charge in [-0.25, -0.2) is 19.9 Å². The van der Waals surface area contributed by atoms with Crippen LogP contribution in [-0.2, 0) is 0 Å². The first-order valence-electron chi connectivity index (χ1n) is 6.73. The Labute approximate surface area is 127 Å². The Kier molecular flexibility index (Phi) is 3.96. The van der Waals surface area contributed by atoms with Crippen LogP contribution in [0.2, 0.25) is 0 Å². The number of anilines is 1. The van der Waals surface area contributed by atoms with Gasteiger partial charge in [-0.3, -0.25) is 0 Å². The molecule has 0 bridgehead atoms. The summed E-state index contributed by atoms with van der Waals surface area (Å²) >= 11 is 1.53. The molecule has 1 N–H and O–H groups in total. The summed E-state index contributed by atoms with van der Waals surface area (Å²) in [7, 11) is 0. The lowest BCUT2D eigenvalue weighted by Crippen LogP contribution is -2.03. The van der Waals surface area contributed by atoms with Crippen LogP contribution in [0.4, 0.5) is 5.95 Å². The van der Waals surface area contributed by atoms with Crippen molar-refractivity contribution in [3.63, 3.8) is 0 Å². The molecule has 6 heteroatoms. The highest BCUT2D eigenvalue weighted by atomic mass is 32.2. The van der Waals surface area contributed by atoms with Crippen molar-refractivity contribution in [1.82, 2.24) is 19.9 Å². The van der Waals surface area contributed by atoms with Gasteiger partial charge in [0.15, 0.2) is 0 Å². The van der Waals surface area contributed by atoms with Crippen molar-refractivity contribution in [2.24, 2.45) is 0 Å². The second-order valence-corrected chi connectivity index (χ2v) is 5.51. The molecule has 21 heavy (non-hydrogen) atoms. The van der Waals surface area contributed by atoms with Gasteiger partial charge in [0.1, 0.15) is 16.4 Å². The van der Waals surface area contributed by atoms with Crippen molar-refractivity contribution in [2.45, 2.75) is 23.9 Å². The molecular weight excluding hydrogens is 282 g/mol. The van der Waals surface area contributed by atoms with Gasteiger partial charge in [0.05, 0.1) is 5.52 Å². The molecule has 3 rings (SSSR count). The number of fused-ring (bicyclic) bond motifs is 1. The van der Waals surface area contributed by atoms with Crippen molar-refractivity contribution in [1.29, 1.82) is 0 Å². The average Bonchev–Trinajstić information content (AvgIpc) is 2.47. The molecule has 0 amide bonds. The molecule has 2 aromatic heterocycles. The van der Waals surface area contributed by atoms with Crippen molar-refractivity contribution in [3.05, 3.63) is 42.4 Å². The largest absolute Gasteiger partial charge is 0.354 e. The van der Waals surface area contributed by atoms with E-state index in [4.69, 9.17) is 0 Å². The third-order valence-electron chi connectivity index (χ3n) is 2.87. The minimum Gasteiger partial charge on any atom is -0.354 e. The maximum atomic E-state index is 4.51. The van der Waals surface area contributed by atoms with Crippen LogP contribution in [0, 0.1) is 6.92 Å². The number of para-hydroxylation sites is 1. The van der Waals surface area contributed by atoms with Crippen LogP contribution >= 0.6 is 11.8 Å². The number of nitrogens with zero attached hydrogens (tertiary/aromatic N) is 4. The highest BCUT2D eigenvalue weighted by Gasteiger charge is 2.08. The highest BCUT2D eigenvalue weighted by molar-refractivity contribution is 7.99. The molecule has 0 aliphatic carbocycles. The zero-order valence-electron chi connectivity index (χ0n) is 11.9. The molecule has 0 radical (unpaired) electrons. The average molecular weight is 297 g/mol. The van der Waals surface area contributed by atoms with E-state index >= 15 is 0 Å². The van der Waals surface area contributed by atoms with Crippen LogP contribution in [0.5, 0.6) is 0 Å². The Morgan fingerprint density at radius 1 is 1.14 bits per heavy atom. The van der Waals surface area contributed by atoms with Gasteiger partial charge in [-0.05, 0) is 37.7 Å². The van der Waals surface area contributed by atoms with Crippen molar-refractivity contribution in [2.75, 3.05) is 11.9 Å². The number of rotatable bonds is 4. The molecule has 0 spiro atoms. The molecule has 0 fully saturated rings. The Morgan fingerprint density at radius 2 is 2.00 bits per heavy atom. The predicted molar refractivity (Wildman–Crippen MR) is 84.6 cm³/mol. The summed E-state index contributed by atoms with van der Waals surface area (Å²) in [6, 6.07) is 9.93. The number of nitrogens with one attached hydrogen (secondary N) is 1. The van der Waals surface area contributed by atoms with E-state index in [9.17, 15) is 0 Å². The summed E-state index contributed by atoms with van der Waals surface area (Å²) in [5, 5.41) is 5.96. The van der Waals surface area contributed by atoms with Gasteiger partial charge in [0.25, 0.3) is 0 Å². The van der Waals surface area contributed by atoms with E-state index in [0.29, 0.717) is 5.95 Å². The molecule has 3 aromatic rings. The van der Waals surface area contributed by atoms with Crippen LogP contribution < -0.4 is 5.32 Å². The van der Waals surface area contributed by atoms with E-state index in [-0.39, 0.29) is 0 Å². The molecule has 0 aliphatic rings. The van der Waals surface area contributed by atoms with E-state index in [0.717, 1.165) is 33.2 Å². The number of hydrogen-bond donors (Lipinski definition) is 1. The fourth-order valence-electron chi connectivity index (χ4n) is 1.99. The number of aryl methyl sites for hydroxylation is 1. The van der Waals surface area contributed by atoms with E-state index in [2.05, 4.69) is 25.3 Å². The summed E-state index contributed by atoms with van der Waals surface area (Å²) in [5.41, 5.74) is 1.87. The van der Waals surface area contributed by atoms with E-state index in [1.807, 2.05) is 44.2 Å². The van der Waals surface area contributed by atoms with Gasteiger partial charge < -0.3 is 5.32 Å². The molecule has 106 valence electrons. The van der Waals surface area contributed by atoms with Gasteiger partial charge in [-0.1, -0.05) is 18.2 Å². The number of benzene rings is 1. The molecule has 2 heterocycles. The molecule has 0 atom stereocenters. The van der Waals surface area contributed by atoms with Gasteiger partial charge in [0.2, 0.25) is 5.95 Å². The normalized spacial score (nSPS) is 10.8. The summed E-state index contributed by atoms with van der Waals surface area (Å²) in [4.78, 5) is 17.5. The van der Waals surface area contributed by atoms with Crippen LogP contribution in [0.25, 0.3) is 10.9 Å². The summed E-state index contributed by atoms with van der Waals surface area (Å²) < 4.78 is 0. The molecule has 0 saturated heterocycles. The summed E-state index contributed by atoms with van der Waals surface area (Å²) in [5.74, 6) is 0.651. The molecular formula is C15H15N5S. The Balaban J connectivity index is 1.98. The van der Waals surface area contributed by atoms with E-state index in [1.165, 1.54) is 11.8 Å². The molecule has 0 unspecified atom stereocenters. The standard InChI is InChI=1S/C15H15N5S/c1-3-16-15-19-10(2)8-13(20-15)21-14-11-6-4-5-7-12(11)17-9-18-14/h4-9H,3H2,1-2H3,(H,16,19,20). The molecule has 0 aliphatic heterocycles. The maximum Gasteiger partial charge on any atom is 0.223 e. The third-order valence-corrected chi connectivity index (χ3v) is 3.81. The summed E-state index contributed by atoms with van der Waals surface area (Å²) in [6.45, 7) is 4.78. The lowest BCUT2D eigenvalue weighted by atomic mass is 10.2.